The number of aldehydes is 1. The summed E-state index contributed by atoms with van der Waals surface area (Å²) >= 11 is 0. The number of aliphatic carboxylic acids is 2. The third kappa shape index (κ3) is 5.17. The molecule has 4 bridgehead atoms. The molecular formula is C37H54O12. The summed E-state index contributed by atoms with van der Waals surface area (Å²) in [5.41, 5.74) is -2.64. The maximum absolute atomic E-state index is 13.8. The Labute approximate surface area is 288 Å². The predicted molar refractivity (Wildman–Crippen MR) is 173 cm³/mol. The largest absolute Gasteiger partial charge is 0.481 e. The Morgan fingerprint density at radius 1 is 1.08 bits per heavy atom. The number of ether oxygens (including phenoxy) is 5. The topological polar surface area (TPSA) is 175 Å². The van der Waals surface area contributed by atoms with E-state index < -0.39 is 70.6 Å². The van der Waals surface area contributed by atoms with E-state index in [9.17, 15) is 29.4 Å². The summed E-state index contributed by atoms with van der Waals surface area (Å²) in [5, 5.41) is 32.0. The van der Waals surface area contributed by atoms with Gasteiger partial charge in [-0.3, -0.25) is 9.59 Å². The number of hydrogen-bond acceptors (Lipinski definition) is 10. The molecule has 5 fully saturated rings. The second kappa shape index (κ2) is 13.3. The highest BCUT2D eigenvalue weighted by molar-refractivity contribution is 5.90. The highest BCUT2D eigenvalue weighted by Gasteiger charge is 2.84. The lowest BCUT2D eigenvalue weighted by molar-refractivity contribution is -0.386. The van der Waals surface area contributed by atoms with Crippen LogP contribution in [0.25, 0.3) is 0 Å². The van der Waals surface area contributed by atoms with Gasteiger partial charge in [0, 0.05) is 18.9 Å². The molecule has 3 saturated carbocycles. The zero-order valence-corrected chi connectivity index (χ0v) is 29.4. The predicted octanol–water partition coefficient (Wildman–Crippen LogP) is 4.50. The molecule has 49 heavy (non-hydrogen) atoms. The van der Waals surface area contributed by atoms with Crippen molar-refractivity contribution >= 4 is 24.2 Å². The van der Waals surface area contributed by atoms with Crippen molar-refractivity contribution in [1.29, 1.82) is 0 Å². The van der Waals surface area contributed by atoms with Crippen molar-refractivity contribution in [2.45, 2.75) is 135 Å². The Morgan fingerprint density at radius 2 is 1.80 bits per heavy atom. The minimum Gasteiger partial charge on any atom is -0.481 e. The Balaban J connectivity index is 1.23. The molecule has 12 unspecified atom stereocenters. The standard InChI is InChI=1S/C37H54O12/c1-20(2)26-15-23-16-34(18-38)25-14-13-21(3)24(25)17-35(23,36(26,34)33(43)44)19-46-32-29(41)37(30(45-5)22(4)47-32)48-27(31(42)49-37)11-9-7-6-8-10-12-28(39)40/h15,18,20-25,27,29-30,32,41H,6-14,16-17,19H2,1-5H3,(H,39,40)(H,43,44)/t21?,22?,23?,24?,25?,27?,29?,30?,32?,34-,35?,36?,37?/m0/s1. The monoisotopic (exact) mass is 690 g/mol. The number of carbonyl (C=O) groups excluding carboxylic acids is 2. The minimum absolute atomic E-state index is 0.0214. The molecular weight excluding hydrogens is 636 g/mol. The van der Waals surface area contributed by atoms with E-state index >= 15 is 0 Å². The number of rotatable bonds is 15. The second-order valence-corrected chi connectivity index (χ2v) is 16.1. The Kier molecular flexibility index (Phi) is 9.89. The van der Waals surface area contributed by atoms with Crippen molar-refractivity contribution in [2.24, 2.45) is 45.8 Å². The fourth-order valence-corrected chi connectivity index (χ4v) is 11.5. The smallest absolute Gasteiger partial charge is 0.338 e. The highest BCUT2D eigenvalue weighted by atomic mass is 16.8. The van der Waals surface area contributed by atoms with Gasteiger partial charge < -0.3 is 43.8 Å². The van der Waals surface area contributed by atoms with Crippen LogP contribution in [0.2, 0.25) is 0 Å². The van der Waals surface area contributed by atoms with Gasteiger partial charge in [0.2, 0.25) is 0 Å². The average molecular weight is 691 g/mol. The van der Waals surface area contributed by atoms with Crippen LogP contribution >= 0.6 is 0 Å². The first-order valence-corrected chi connectivity index (χ1v) is 18.3. The zero-order valence-electron chi connectivity index (χ0n) is 29.4. The third-order valence-electron chi connectivity index (χ3n) is 13.4. The molecule has 0 radical (unpaired) electrons. The molecule has 0 aromatic heterocycles. The van der Waals surface area contributed by atoms with Gasteiger partial charge in [-0.15, -0.1) is 0 Å². The van der Waals surface area contributed by atoms with Crippen LogP contribution < -0.4 is 0 Å². The van der Waals surface area contributed by atoms with Crippen LogP contribution in [-0.2, 0) is 42.9 Å². The Morgan fingerprint density at radius 3 is 2.45 bits per heavy atom. The fourth-order valence-electron chi connectivity index (χ4n) is 11.5. The summed E-state index contributed by atoms with van der Waals surface area (Å²) < 4.78 is 30.5. The van der Waals surface area contributed by atoms with E-state index in [1.807, 2.05) is 13.8 Å². The van der Waals surface area contributed by atoms with E-state index in [-0.39, 0.29) is 36.7 Å². The molecule has 12 heteroatoms. The van der Waals surface area contributed by atoms with Crippen molar-refractivity contribution < 1.29 is 58.2 Å². The van der Waals surface area contributed by atoms with Crippen LogP contribution in [0, 0.1) is 45.8 Å². The Bertz CT molecular complexity index is 1350. The van der Waals surface area contributed by atoms with Crippen LogP contribution in [0.15, 0.2) is 11.6 Å². The number of carboxylic acid groups (broad SMARTS) is 2. The van der Waals surface area contributed by atoms with E-state index in [4.69, 9.17) is 28.8 Å². The van der Waals surface area contributed by atoms with E-state index in [2.05, 4.69) is 13.0 Å². The van der Waals surface area contributed by atoms with E-state index in [1.165, 1.54) is 7.11 Å². The van der Waals surface area contributed by atoms with E-state index in [1.54, 1.807) is 6.92 Å². The molecule has 2 aliphatic heterocycles. The van der Waals surface area contributed by atoms with Gasteiger partial charge in [-0.25, -0.2) is 4.79 Å². The highest BCUT2D eigenvalue weighted by Crippen LogP contribution is 2.82. The van der Waals surface area contributed by atoms with Crippen molar-refractivity contribution in [2.75, 3.05) is 13.7 Å². The number of esters is 1. The summed E-state index contributed by atoms with van der Waals surface area (Å²) in [6.07, 6.45) is 4.42. The number of allylic oxidation sites excluding steroid dienone is 1. The maximum atomic E-state index is 13.8. The van der Waals surface area contributed by atoms with Gasteiger partial charge in [-0.2, -0.15) is 0 Å². The van der Waals surface area contributed by atoms with Crippen LogP contribution in [0.4, 0.5) is 0 Å². The Hall–Kier alpha value is -2.38. The summed E-state index contributed by atoms with van der Waals surface area (Å²) in [7, 11) is 1.42. The number of hydrogen-bond donors (Lipinski definition) is 3. The lowest BCUT2D eigenvalue weighted by Gasteiger charge is -2.58. The molecule has 0 amide bonds. The molecule has 13 atom stereocenters. The second-order valence-electron chi connectivity index (χ2n) is 16.1. The molecule has 3 N–H and O–H groups in total. The molecule has 4 aliphatic carbocycles. The minimum atomic E-state index is -1.90. The maximum Gasteiger partial charge on any atom is 0.338 e. The summed E-state index contributed by atoms with van der Waals surface area (Å²) in [6, 6.07) is 0. The number of fused-ring (bicyclic) bond motifs is 2. The first-order chi connectivity index (χ1) is 23.3. The van der Waals surface area contributed by atoms with E-state index in [0.29, 0.717) is 38.0 Å². The van der Waals surface area contributed by atoms with Crippen LogP contribution in [0.3, 0.4) is 0 Å². The number of aliphatic hydroxyl groups is 1. The molecule has 1 spiro atoms. The number of unbranched alkanes of at least 4 members (excludes halogenated alkanes) is 4. The van der Waals surface area contributed by atoms with E-state index in [0.717, 1.165) is 44.0 Å². The van der Waals surface area contributed by atoms with Crippen LogP contribution in [-0.4, -0.2) is 89.7 Å². The summed E-state index contributed by atoms with van der Waals surface area (Å²) in [6.45, 7) is 7.82. The molecule has 12 nitrogen and oxygen atoms in total. The first-order valence-electron chi connectivity index (χ1n) is 18.3. The molecule has 6 rings (SSSR count). The van der Waals surface area contributed by atoms with Gasteiger partial charge in [-0.05, 0) is 68.6 Å². The number of methoxy groups -OCH3 is 1. The quantitative estimate of drug-likeness (QED) is 0.0951. The van der Waals surface area contributed by atoms with Gasteiger partial charge in [-0.1, -0.05) is 64.5 Å². The van der Waals surface area contributed by atoms with Gasteiger partial charge in [0.15, 0.2) is 24.6 Å². The SMILES string of the molecule is COC1C(C)OC(OCC23CC4C(C)CCC4[C@@]4(C=O)CC2C=C(C(C)C)C34C(=O)O)C(O)C12OC(=O)C(CCCCCCCC(=O)O)O2. The van der Waals surface area contributed by atoms with Gasteiger partial charge in [0.1, 0.15) is 11.7 Å². The van der Waals surface area contributed by atoms with Gasteiger partial charge in [0.25, 0.3) is 5.79 Å². The molecule has 6 aliphatic rings. The van der Waals surface area contributed by atoms with Crippen molar-refractivity contribution in [3.8, 4) is 0 Å². The number of aliphatic hydroxyl groups excluding tert-OH is 1. The van der Waals surface area contributed by atoms with Crippen LogP contribution in [0.5, 0.6) is 0 Å². The lowest BCUT2D eigenvalue weighted by atomic mass is 9.43. The normalized spacial score (nSPS) is 45.1. The first kappa shape index (κ1) is 36.4. The average Bonchev–Trinajstić information content (AvgIpc) is 3.72. The van der Waals surface area contributed by atoms with Crippen molar-refractivity contribution in [1.82, 2.24) is 0 Å². The van der Waals surface area contributed by atoms with Crippen LogP contribution in [0.1, 0.15) is 98.3 Å². The molecule has 2 heterocycles. The molecule has 0 aromatic carbocycles. The van der Waals surface area contributed by atoms with Gasteiger partial charge >= 0.3 is 17.9 Å². The summed E-state index contributed by atoms with van der Waals surface area (Å²) in [5.74, 6) is -4.13. The lowest BCUT2D eigenvalue weighted by Crippen LogP contribution is -2.68. The zero-order chi connectivity index (χ0) is 35.5. The number of carbonyl (C=O) groups is 4. The molecule has 0 aromatic rings. The molecule has 274 valence electrons. The number of carboxylic acids is 2. The van der Waals surface area contributed by atoms with Gasteiger partial charge in [0.05, 0.1) is 18.1 Å². The van der Waals surface area contributed by atoms with Crippen molar-refractivity contribution in [3.05, 3.63) is 11.6 Å². The summed E-state index contributed by atoms with van der Waals surface area (Å²) in [4.78, 5) is 51.1. The third-order valence-corrected chi connectivity index (χ3v) is 13.4. The fraction of sp³-hybridized carbons (Fsp3) is 0.838. The molecule has 2 saturated heterocycles. The van der Waals surface area contributed by atoms with Crippen molar-refractivity contribution in [3.63, 3.8) is 0 Å².